The lowest BCUT2D eigenvalue weighted by atomic mass is 10.2. The summed E-state index contributed by atoms with van der Waals surface area (Å²) < 4.78 is 25.3. The standard InChI is InChI=1S/C10H14N2O4S/c11-7-8-2-1-3-9(6-8)12-17(15,16)5-4-10(13)14/h1-3,6,12H,4-5,7,11H2,(H,13,14). The SMILES string of the molecule is NCc1cccc(NS(=O)(=O)CCC(=O)O)c1. The van der Waals surface area contributed by atoms with E-state index in [1.165, 1.54) is 0 Å². The molecule has 7 heteroatoms. The molecule has 0 aliphatic carbocycles. The van der Waals surface area contributed by atoms with Gasteiger partial charge in [0, 0.05) is 12.2 Å². The minimum Gasteiger partial charge on any atom is -0.481 e. The fourth-order valence-electron chi connectivity index (χ4n) is 1.21. The van der Waals surface area contributed by atoms with Gasteiger partial charge in [0.2, 0.25) is 10.0 Å². The average Bonchev–Trinajstić information content (AvgIpc) is 2.26. The summed E-state index contributed by atoms with van der Waals surface area (Å²) in [6, 6.07) is 6.64. The molecule has 0 saturated carbocycles. The number of rotatable bonds is 6. The van der Waals surface area contributed by atoms with Crippen LogP contribution in [0.2, 0.25) is 0 Å². The topological polar surface area (TPSA) is 109 Å². The summed E-state index contributed by atoms with van der Waals surface area (Å²) in [5.41, 5.74) is 6.61. The van der Waals surface area contributed by atoms with Gasteiger partial charge in [0.1, 0.15) is 0 Å². The Morgan fingerprint density at radius 3 is 2.71 bits per heavy atom. The highest BCUT2D eigenvalue weighted by Crippen LogP contribution is 2.12. The van der Waals surface area contributed by atoms with Crippen molar-refractivity contribution in [2.24, 2.45) is 5.73 Å². The second-order valence-corrected chi connectivity index (χ2v) is 5.31. The first kappa shape index (κ1) is 13.5. The minimum atomic E-state index is -3.63. The van der Waals surface area contributed by atoms with Gasteiger partial charge >= 0.3 is 5.97 Å². The van der Waals surface area contributed by atoms with E-state index in [1.807, 2.05) is 0 Å². The van der Waals surface area contributed by atoms with Gasteiger partial charge < -0.3 is 10.8 Å². The van der Waals surface area contributed by atoms with Gasteiger partial charge in [-0.15, -0.1) is 0 Å². The summed E-state index contributed by atoms with van der Waals surface area (Å²) in [5, 5.41) is 8.42. The van der Waals surface area contributed by atoms with Crippen LogP contribution in [0.25, 0.3) is 0 Å². The Kier molecular flexibility index (Phi) is 4.47. The molecule has 0 spiro atoms. The molecule has 94 valence electrons. The molecule has 4 N–H and O–H groups in total. The van der Waals surface area contributed by atoms with Crippen LogP contribution in [0.3, 0.4) is 0 Å². The van der Waals surface area contributed by atoms with Gasteiger partial charge in [-0.2, -0.15) is 0 Å². The van der Waals surface area contributed by atoms with E-state index in [9.17, 15) is 13.2 Å². The number of carboxylic acid groups (broad SMARTS) is 1. The van der Waals surface area contributed by atoms with Crippen molar-refractivity contribution in [3.05, 3.63) is 29.8 Å². The Bertz CT molecular complexity index is 499. The van der Waals surface area contributed by atoms with E-state index in [2.05, 4.69) is 4.72 Å². The number of hydrogen-bond acceptors (Lipinski definition) is 4. The van der Waals surface area contributed by atoms with Gasteiger partial charge in [0.05, 0.1) is 12.2 Å². The van der Waals surface area contributed by atoms with Gasteiger partial charge in [-0.05, 0) is 17.7 Å². The highest BCUT2D eigenvalue weighted by atomic mass is 32.2. The van der Waals surface area contributed by atoms with Crippen LogP contribution in [0, 0.1) is 0 Å². The van der Waals surface area contributed by atoms with Gasteiger partial charge in [-0.25, -0.2) is 8.42 Å². The third-order valence-electron chi connectivity index (χ3n) is 2.02. The number of nitrogens with two attached hydrogens (primary N) is 1. The first-order valence-corrected chi connectivity index (χ1v) is 6.59. The number of aliphatic carboxylic acids is 1. The van der Waals surface area contributed by atoms with Crippen molar-refractivity contribution < 1.29 is 18.3 Å². The number of benzene rings is 1. The maximum absolute atomic E-state index is 11.5. The molecular weight excluding hydrogens is 244 g/mol. The van der Waals surface area contributed by atoms with Crippen molar-refractivity contribution in [2.75, 3.05) is 10.5 Å². The van der Waals surface area contributed by atoms with Crippen LogP contribution in [0.15, 0.2) is 24.3 Å². The largest absolute Gasteiger partial charge is 0.481 e. The van der Waals surface area contributed by atoms with Crippen LogP contribution in [0.5, 0.6) is 0 Å². The highest BCUT2D eigenvalue weighted by molar-refractivity contribution is 7.92. The van der Waals surface area contributed by atoms with Gasteiger partial charge in [0.25, 0.3) is 0 Å². The van der Waals surface area contributed by atoms with Crippen LogP contribution < -0.4 is 10.5 Å². The van der Waals surface area contributed by atoms with E-state index in [0.29, 0.717) is 12.2 Å². The summed E-state index contributed by atoms with van der Waals surface area (Å²) in [6.07, 6.45) is -0.425. The Balaban J connectivity index is 2.72. The summed E-state index contributed by atoms with van der Waals surface area (Å²) in [7, 11) is -3.63. The van der Waals surface area contributed by atoms with E-state index >= 15 is 0 Å². The molecule has 0 amide bonds. The Labute approximate surface area is 99.5 Å². The molecule has 6 nitrogen and oxygen atoms in total. The Morgan fingerprint density at radius 1 is 1.41 bits per heavy atom. The molecule has 0 aromatic heterocycles. The second-order valence-electron chi connectivity index (χ2n) is 3.47. The Hall–Kier alpha value is -1.60. The first-order valence-electron chi connectivity index (χ1n) is 4.94. The zero-order chi connectivity index (χ0) is 12.9. The molecule has 0 aliphatic heterocycles. The molecule has 0 radical (unpaired) electrons. The van der Waals surface area contributed by atoms with E-state index in [-0.39, 0.29) is 0 Å². The van der Waals surface area contributed by atoms with Crippen molar-refractivity contribution >= 4 is 21.7 Å². The van der Waals surface area contributed by atoms with E-state index < -0.39 is 28.2 Å². The van der Waals surface area contributed by atoms with Gasteiger partial charge in [-0.1, -0.05) is 12.1 Å². The number of anilines is 1. The molecule has 0 fully saturated rings. The molecule has 1 rings (SSSR count). The highest BCUT2D eigenvalue weighted by Gasteiger charge is 2.12. The maximum atomic E-state index is 11.5. The van der Waals surface area contributed by atoms with Crippen LogP contribution in [0.4, 0.5) is 5.69 Å². The van der Waals surface area contributed by atoms with Crippen LogP contribution in [-0.2, 0) is 21.4 Å². The number of carboxylic acids is 1. The molecule has 17 heavy (non-hydrogen) atoms. The molecule has 0 saturated heterocycles. The Morgan fingerprint density at radius 2 is 2.12 bits per heavy atom. The third kappa shape index (κ3) is 4.83. The number of sulfonamides is 1. The van der Waals surface area contributed by atoms with E-state index in [0.717, 1.165) is 5.56 Å². The number of hydrogen-bond donors (Lipinski definition) is 3. The average molecular weight is 258 g/mol. The smallest absolute Gasteiger partial charge is 0.304 e. The molecule has 0 unspecified atom stereocenters. The van der Waals surface area contributed by atoms with Crippen molar-refractivity contribution in [3.63, 3.8) is 0 Å². The summed E-state index contributed by atoms with van der Waals surface area (Å²) in [4.78, 5) is 10.3. The lowest BCUT2D eigenvalue weighted by Crippen LogP contribution is -2.19. The van der Waals surface area contributed by atoms with Crippen molar-refractivity contribution in [1.82, 2.24) is 0 Å². The van der Waals surface area contributed by atoms with Crippen LogP contribution in [-0.4, -0.2) is 25.2 Å². The molecule has 0 bridgehead atoms. The molecule has 0 atom stereocenters. The predicted molar refractivity (Wildman–Crippen MR) is 64.0 cm³/mol. The zero-order valence-electron chi connectivity index (χ0n) is 9.09. The third-order valence-corrected chi connectivity index (χ3v) is 3.31. The van der Waals surface area contributed by atoms with Crippen molar-refractivity contribution in [2.45, 2.75) is 13.0 Å². The molecule has 0 heterocycles. The molecule has 1 aromatic rings. The summed E-state index contributed by atoms with van der Waals surface area (Å²) in [6.45, 7) is 0.310. The normalized spacial score (nSPS) is 11.1. The maximum Gasteiger partial charge on any atom is 0.304 e. The van der Waals surface area contributed by atoms with Crippen molar-refractivity contribution in [3.8, 4) is 0 Å². The summed E-state index contributed by atoms with van der Waals surface area (Å²) >= 11 is 0. The summed E-state index contributed by atoms with van der Waals surface area (Å²) in [5.74, 6) is -1.60. The first-order chi connectivity index (χ1) is 7.93. The molecule has 1 aromatic carbocycles. The second kappa shape index (κ2) is 5.65. The van der Waals surface area contributed by atoms with E-state index in [4.69, 9.17) is 10.8 Å². The molecule has 0 aliphatic rings. The van der Waals surface area contributed by atoms with E-state index in [1.54, 1.807) is 24.3 Å². The monoisotopic (exact) mass is 258 g/mol. The fourth-order valence-corrected chi connectivity index (χ4v) is 2.25. The van der Waals surface area contributed by atoms with Gasteiger partial charge in [-0.3, -0.25) is 9.52 Å². The lowest BCUT2D eigenvalue weighted by molar-refractivity contribution is -0.136. The van der Waals surface area contributed by atoms with Gasteiger partial charge in [0.15, 0.2) is 0 Å². The molecular formula is C10H14N2O4S. The number of carbonyl (C=O) groups is 1. The fraction of sp³-hybridized carbons (Fsp3) is 0.300. The predicted octanol–water partition coefficient (Wildman–Crippen LogP) is 0.362. The number of nitrogens with one attached hydrogen (secondary N) is 1. The van der Waals surface area contributed by atoms with Crippen LogP contribution >= 0.6 is 0 Å². The quantitative estimate of drug-likeness (QED) is 0.682. The lowest BCUT2D eigenvalue weighted by Gasteiger charge is -2.07. The van der Waals surface area contributed by atoms with Crippen molar-refractivity contribution in [1.29, 1.82) is 0 Å². The zero-order valence-corrected chi connectivity index (χ0v) is 9.90. The minimum absolute atomic E-state index is 0.310. The van der Waals surface area contributed by atoms with Crippen LogP contribution in [0.1, 0.15) is 12.0 Å².